The lowest BCUT2D eigenvalue weighted by Gasteiger charge is -2.40. The third kappa shape index (κ3) is 6.04. The van der Waals surface area contributed by atoms with Crippen LogP contribution in [0.3, 0.4) is 0 Å². The minimum Gasteiger partial charge on any atom is -0.460 e. The number of allylic oxidation sites excluding steroid dienone is 1. The lowest BCUT2D eigenvalue weighted by Crippen LogP contribution is -2.60. The smallest absolute Gasteiger partial charge is 0.312 e. The summed E-state index contributed by atoms with van der Waals surface area (Å²) in [6, 6.07) is 3.53. The summed E-state index contributed by atoms with van der Waals surface area (Å²) in [6.07, 6.45) is 3.66. The molecule has 3 heterocycles. The van der Waals surface area contributed by atoms with Crippen LogP contribution in [0.25, 0.3) is 0 Å². The largest absolute Gasteiger partial charge is 0.460 e. The van der Waals surface area contributed by atoms with Gasteiger partial charge in [-0.25, -0.2) is 0 Å². The SMILES string of the molecule is C=CCCC(=O)NC[C@H](C)OC(=O)[C@@H]1[C@H]2C(=O)N([C@@H](CO)C(C)C)[C@H](C(=O)N(CC=C)c3c(C)cccc3Cl)[C@]23CC[C@H]1O3. The summed E-state index contributed by atoms with van der Waals surface area (Å²) in [5, 5.41) is 13.6. The summed E-state index contributed by atoms with van der Waals surface area (Å²) < 4.78 is 12.3. The number of hydrogen-bond donors (Lipinski definition) is 2. The average Bonchev–Trinajstić information content (AvgIpc) is 3.62. The number of nitrogens with one attached hydrogen (secondary N) is 1. The van der Waals surface area contributed by atoms with Crippen LogP contribution in [-0.4, -0.2) is 83.3 Å². The van der Waals surface area contributed by atoms with E-state index in [0.29, 0.717) is 30.0 Å². The molecule has 1 aromatic carbocycles. The van der Waals surface area contributed by atoms with E-state index >= 15 is 0 Å². The number of aliphatic hydroxyl groups excluding tert-OH is 1. The van der Waals surface area contributed by atoms with Crippen molar-refractivity contribution in [3.8, 4) is 0 Å². The van der Waals surface area contributed by atoms with Crippen molar-refractivity contribution in [2.45, 2.75) is 83.3 Å². The Balaban J connectivity index is 1.69. The molecule has 2 bridgehead atoms. The molecule has 7 atom stereocenters. The third-order valence-electron chi connectivity index (χ3n) is 9.07. The Kier molecular flexibility index (Phi) is 10.6. The molecule has 1 spiro atoms. The number of amides is 3. The van der Waals surface area contributed by atoms with Crippen molar-refractivity contribution in [2.75, 3.05) is 24.6 Å². The van der Waals surface area contributed by atoms with Gasteiger partial charge in [-0.3, -0.25) is 19.2 Å². The molecule has 3 amide bonds. The van der Waals surface area contributed by atoms with Gasteiger partial charge in [0.1, 0.15) is 17.7 Å². The molecule has 0 unspecified atom stereocenters. The molecule has 240 valence electrons. The fraction of sp³-hybridized carbons (Fsp3) is 0.576. The molecule has 0 saturated carbocycles. The van der Waals surface area contributed by atoms with E-state index in [-0.39, 0.29) is 37.9 Å². The highest BCUT2D eigenvalue weighted by Gasteiger charge is 2.76. The minimum absolute atomic E-state index is 0.116. The van der Waals surface area contributed by atoms with Crippen LogP contribution in [0.1, 0.15) is 52.0 Å². The summed E-state index contributed by atoms with van der Waals surface area (Å²) in [4.78, 5) is 57.8. The number of ether oxygens (including phenoxy) is 2. The highest BCUT2D eigenvalue weighted by atomic mass is 35.5. The van der Waals surface area contributed by atoms with Gasteiger partial charge in [-0.05, 0) is 50.7 Å². The molecule has 3 aliphatic rings. The lowest BCUT2D eigenvalue weighted by atomic mass is 9.70. The van der Waals surface area contributed by atoms with E-state index in [4.69, 9.17) is 21.1 Å². The van der Waals surface area contributed by atoms with E-state index in [9.17, 15) is 24.3 Å². The first-order chi connectivity index (χ1) is 20.9. The Morgan fingerprint density at radius 2 is 2.00 bits per heavy atom. The topological polar surface area (TPSA) is 125 Å². The maximum atomic E-state index is 14.7. The Bertz CT molecular complexity index is 1280. The maximum absolute atomic E-state index is 14.7. The average molecular weight is 630 g/mol. The second kappa shape index (κ2) is 13.8. The van der Waals surface area contributed by atoms with Crippen molar-refractivity contribution >= 4 is 41.0 Å². The predicted molar refractivity (Wildman–Crippen MR) is 167 cm³/mol. The minimum atomic E-state index is -1.29. The number of esters is 1. The fourth-order valence-electron chi connectivity index (χ4n) is 7.05. The summed E-state index contributed by atoms with van der Waals surface area (Å²) >= 11 is 6.62. The first-order valence-corrected chi connectivity index (χ1v) is 15.7. The van der Waals surface area contributed by atoms with Gasteiger partial charge < -0.3 is 29.7 Å². The Morgan fingerprint density at radius 3 is 2.61 bits per heavy atom. The number of carbonyl (C=O) groups is 4. The lowest BCUT2D eigenvalue weighted by molar-refractivity contribution is -0.160. The number of anilines is 1. The Labute approximate surface area is 264 Å². The van der Waals surface area contributed by atoms with Crippen molar-refractivity contribution < 1.29 is 33.8 Å². The number of benzene rings is 1. The Hall–Kier alpha value is -3.21. The van der Waals surface area contributed by atoms with Crippen LogP contribution in [0.5, 0.6) is 0 Å². The number of aliphatic hydroxyl groups is 1. The fourth-order valence-corrected chi connectivity index (χ4v) is 7.37. The van der Waals surface area contributed by atoms with E-state index in [1.807, 2.05) is 26.8 Å². The van der Waals surface area contributed by atoms with Gasteiger partial charge >= 0.3 is 5.97 Å². The molecule has 3 fully saturated rings. The van der Waals surface area contributed by atoms with Crippen LogP contribution in [0, 0.1) is 24.7 Å². The van der Waals surface area contributed by atoms with Crippen LogP contribution in [0.4, 0.5) is 5.69 Å². The molecule has 44 heavy (non-hydrogen) atoms. The highest BCUT2D eigenvalue weighted by molar-refractivity contribution is 6.34. The second-order valence-electron chi connectivity index (χ2n) is 12.3. The van der Waals surface area contributed by atoms with E-state index in [1.54, 1.807) is 31.2 Å². The predicted octanol–water partition coefficient (Wildman–Crippen LogP) is 3.57. The quantitative estimate of drug-likeness (QED) is 0.238. The summed E-state index contributed by atoms with van der Waals surface area (Å²) in [6.45, 7) is 14.6. The zero-order valence-corrected chi connectivity index (χ0v) is 26.7. The number of carbonyl (C=O) groups excluding carboxylic acids is 4. The van der Waals surface area contributed by atoms with Crippen LogP contribution in [-0.2, 0) is 28.7 Å². The van der Waals surface area contributed by atoms with Gasteiger partial charge in [-0.15, -0.1) is 13.2 Å². The molecule has 11 heteroatoms. The standard InChI is InChI=1S/C33H44ClN3O7/c1-7-9-13-25(39)35-17-21(6)43-32(42)26-24-14-15-33(44-24)27(26)30(40)37(23(18-38)19(3)4)29(33)31(41)36(16-8-2)28-20(5)11-10-12-22(28)34/h7-8,10-12,19,21,23-24,26-27,29,38H,1-2,9,13-18H2,3-6H3,(H,35,39)/t21-,23-,24+,26-,27-,29+,33-/m0/s1. The zero-order chi connectivity index (χ0) is 32.3. The first kappa shape index (κ1) is 33.7. The summed E-state index contributed by atoms with van der Waals surface area (Å²) in [5.74, 6) is -3.72. The Morgan fingerprint density at radius 1 is 1.27 bits per heavy atom. The van der Waals surface area contributed by atoms with E-state index in [2.05, 4.69) is 18.5 Å². The van der Waals surface area contributed by atoms with Crippen LogP contribution >= 0.6 is 11.6 Å². The molecule has 1 aromatic rings. The number of halogens is 1. The van der Waals surface area contributed by atoms with Crippen molar-refractivity contribution in [1.82, 2.24) is 10.2 Å². The summed E-state index contributed by atoms with van der Waals surface area (Å²) in [5.41, 5.74) is -0.0191. The van der Waals surface area contributed by atoms with Gasteiger partial charge in [-0.1, -0.05) is 49.7 Å². The van der Waals surface area contributed by atoms with Gasteiger partial charge in [0.05, 0.1) is 47.8 Å². The van der Waals surface area contributed by atoms with Crippen molar-refractivity contribution in [3.05, 3.63) is 54.1 Å². The van der Waals surface area contributed by atoms with Crippen LogP contribution in [0.2, 0.25) is 5.02 Å². The number of likely N-dealkylation sites (tertiary alicyclic amines) is 1. The molecule has 0 radical (unpaired) electrons. The molecular formula is C33H44ClN3O7. The van der Waals surface area contributed by atoms with Gasteiger partial charge in [0.2, 0.25) is 11.8 Å². The van der Waals surface area contributed by atoms with E-state index in [1.165, 1.54) is 9.80 Å². The van der Waals surface area contributed by atoms with Gasteiger partial charge in [0.15, 0.2) is 0 Å². The molecular weight excluding hydrogens is 586 g/mol. The molecule has 2 N–H and O–H groups in total. The zero-order valence-electron chi connectivity index (χ0n) is 26.0. The van der Waals surface area contributed by atoms with Gasteiger partial charge in [-0.2, -0.15) is 0 Å². The van der Waals surface area contributed by atoms with Gasteiger partial charge in [0.25, 0.3) is 5.91 Å². The molecule has 0 aromatic heterocycles. The number of fused-ring (bicyclic) bond motifs is 1. The highest BCUT2D eigenvalue weighted by Crippen LogP contribution is 2.59. The first-order valence-electron chi connectivity index (χ1n) is 15.3. The molecule has 0 aliphatic carbocycles. The number of nitrogens with zero attached hydrogens (tertiary/aromatic N) is 2. The number of rotatable bonds is 14. The number of hydrogen-bond acceptors (Lipinski definition) is 7. The monoisotopic (exact) mass is 629 g/mol. The van der Waals surface area contributed by atoms with Crippen molar-refractivity contribution in [2.24, 2.45) is 17.8 Å². The molecule has 3 aliphatic heterocycles. The van der Waals surface area contributed by atoms with Crippen molar-refractivity contribution in [3.63, 3.8) is 0 Å². The van der Waals surface area contributed by atoms with Crippen molar-refractivity contribution in [1.29, 1.82) is 0 Å². The van der Waals surface area contributed by atoms with Gasteiger partial charge in [0, 0.05) is 13.0 Å². The summed E-state index contributed by atoms with van der Waals surface area (Å²) in [7, 11) is 0. The second-order valence-corrected chi connectivity index (χ2v) is 12.7. The number of aryl methyl sites for hydroxylation is 1. The van der Waals surface area contributed by atoms with Crippen LogP contribution in [0.15, 0.2) is 43.5 Å². The normalized spacial score (nSPS) is 26.7. The third-order valence-corrected chi connectivity index (χ3v) is 9.38. The molecule has 10 nitrogen and oxygen atoms in total. The maximum Gasteiger partial charge on any atom is 0.312 e. The van der Waals surface area contributed by atoms with Crippen LogP contribution < -0.4 is 10.2 Å². The molecule has 3 saturated heterocycles. The van der Waals surface area contributed by atoms with E-state index < -0.39 is 59.5 Å². The molecule has 4 rings (SSSR count). The number of para-hydroxylation sites is 1. The van der Waals surface area contributed by atoms with E-state index in [0.717, 1.165) is 5.56 Å².